The van der Waals surface area contributed by atoms with Crippen molar-refractivity contribution in [1.82, 2.24) is 20.0 Å². The highest BCUT2D eigenvalue weighted by atomic mass is 32.1. The Morgan fingerprint density at radius 2 is 1.96 bits per heavy atom. The number of nitrogens with one attached hydrogen (secondary N) is 1. The minimum absolute atomic E-state index is 0.0228. The molecule has 1 aliphatic heterocycles. The van der Waals surface area contributed by atoms with E-state index in [1.165, 1.54) is 4.88 Å². The molecule has 0 spiro atoms. The summed E-state index contributed by atoms with van der Waals surface area (Å²) in [6.07, 6.45) is 0. The molecule has 25 heavy (non-hydrogen) atoms. The van der Waals surface area contributed by atoms with E-state index in [0.717, 1.165) is 32.7 Å². The third-order valence-electron chi connectivity index (χ3n) is 4.31. The van der Waals surface area contributed by atoms with E-state index in [0.29, 0.717) is 13.1 Å². The summed E-state index contributed by atoms with van der Waals surface area (Å²) in [5.74, 6) is 0.0976. The van der Waals surface area contributed by atoms with Crippen LogP contribution >= 0.6 is 11.3 Å². The zero-order valence-electron chi connectivity index (χ0n) is 15.5. The molecule has 1 aromatic rings. The molecule has 2 heterocycles. The van der Waals surface area contributed by atoms with Gasteiger partial charge < -0.3 is 10.2 Å². The topological polar surface area (TPSA) is 55.9 Å². The summed E-state index contributed by atoms with van der Waals surface area (Å²) < 4.78 is 0. The summed E-state index contributed by atoms with van der Waals surface area (Å²) in [5.41, 5.74) is 0. The van der Waals surface area contributed by atoms with Crippen molar-refractivity contribution in [3.63, 3.8) is 0 Å². The lowest BCUT2D eigenvalue weighted by Gasteiger charge is -2.35. The van der Waals surface area contributed by atoms with Crippen LogP contribution in [0, 0.1) is 0 Å². The van der Waals surface area contributed by atoms with Crippen molar-refractivity contribution in [1.29, 1.82) is 0 Å². The lowest BCUT2D eigenvalue weighted by molar-refractivity contribution is -0.134. The smallest absolute Gasteiger partial charge is 0.236 e. The standard InChI is InChI=1S/C18H30N4O2S/c1-4-20(13-17(23)19-15(2)3)14-18(24)22-9-7-21(8-10-22)12-16-6-5-11-25-16/h5-6,11,15H,4,7-10,12-14H2,1-3H3,(H,19,23). The van der Waals surface area contributed by atoms with Crippen LogP contribution in [0.2, 0.25) is 0 Å². The van der Waals surface area contributed by atoms with Gasteiger partial charge >= 0.3 is 0 Å². The van der Waals surface area contributed by atoms with E-state index in [1.807, 2.05) is 30.6 Å². The van der Waals surface area contributed by atoms with Gasteiger partial charge in [0.1, 0.15) is 0 Å². The maximum absolute atomic E-state index is 12.5. The van der Waals surface area contributed by atoms with Crippen molar-refractivity contribution in [3.05, 3.63) is 22.4 Å². The first-order valence-corrected chi connectivity index (χ1v) is 9.90. The zero-order chi connectivity index (χ0) is 18.2. The average molecular weight is 367 g/mol. The predicted octanol–water partition coefficient (Wildman–Crippen LogP) is 1.24. The minimum Gasteiger partial charge on any atom is -0.353 e. The van der Waals surface area contributed by atoms with Crippen molar-refractivity contribution >= 4 is 23.2 Å². The molecule has 0 aliphatic carbocycles. The molecule has 1 fully saturated rings. The molecule has 1 saturated heterocycles. The van der Waals surface area contributed by atoms with E-state index in [2.05, 4.69) is 27.7 Å². The van der Waals surface area contributed by atoms with Gasteiger partial charge in [-0.25, -0.2) is 0 Å². The van der Waals surface area contributed by atoms with Gasteiger partial charge in [-0.2, -0.15) is 0 Å². The lowest BCUT2D eigenvalue weighted by atomic mass is 10.3. The van der Waals surface area contributed by atoms with Crippen LogP contribution in [-0.2, 0) is 16.1 Å². The second-order valence-electron chi connectivity index (χ2n) is 6.76. The van der Waals surface area contributed by atoms with Gasteiger partial charge in [-0.05, 0) is 31.8 Å². The number of hydrogen-bond donors (Lipinski definition) is 1. The van der Waals surface area contributed by atoms with E-state index >= 15 is 0 Å². The van der Waals surface area contributed by atoms with Crippen LogP contribution in [-0.4, -0.2) is 78.4 Å². The van der Waals surface area contributed by atoms with E-state index < -0.39 is 0 Å². The molecule has 2 amide bonds. The van der Waals surface area contributed by atoms with Gasteiger partial charge in [-0.3, -0.25) is 19.4 Å². The second kappa shape index (κ2) is 9.89. The molecule has 0 radical (unpaired) electrons. The van der Waals surface area contributed by atoms with Crippen molar-refractivity contribution in [3.8, 4) is 0 Å². The number of amides is 2. The number of carbonyl (C=O) groups is 2. The summed E-state index contributed by atoms with van der Waals surface area (Å²) in [4.78, 5) is 32.0. The number of nitrogens with zero attached hydrogens (tertiary/aromatic N) is 3. The molecule has 7 heteroatoms. The highest BCUT2D eigenvalue weighted by molar-refractivity contribution is 7.09. The van der Waals surface area contributed by atoms with E-state index in [1.54, 1.807) is 11.3 Å². The summed E-state index contributed by atoms with van der Waals surface area (Å²) in [5, 5.41) is 4.98. The van der Waals surface area contributed by atoms with Gasteiger partial charge in [0.05, 0.1) is 13.1 Å². The third-order valence-corrected chi connectivity index (χ3v) is 5.17. The zero-order valence-corrected chi connectivity index (χ0v) is 16.3. The Bertz CT molecular complexity index is 539. The normalized spacial score (nSPS) is 15.8. The molecule has 0 atom stereocenters. The monoisotopic (exact) mass is 366 g/mol. The molecule has 1 aromatic heterocycles. The highest BCUT2D eigenvalue weighted by Gasteiger charge is 2.23. The van der Waals surface area contributed by atoms with Gasteiger partial charge in [-0.15, -0.1) is 11.3 Å². The fourth-order valence-electron chi connectivity index (χ4n) is 2.92. The van der Waals surface area contributed by atoms with Crippen molar-refractivity contribution in [2.24, 2.45) is 0 Å². The predicted molar refractivity (Wildman–Crippen MR) is 102 cm³/mol. The minimum atomic E-state index is -0.0228. The van der Waals surface area contributed by atoms with Crippen molar-refractivity contribution in [2.45, 2.75) is 33.4 Å². The number of carbonyl (C=O) groups excluding carboxylic acids is 2. The number of thiophene rings is 1. The lowest BCUT2D eigenvalue weighted by Crippen LogP contribution is -2.51. The Hall–Kier alpha value is -1.44. The van der Waals surface area contributed by atoms with Gasteiger partial charge in [0.25, 0.3) is 0 Å². The Morgan fingerprint density at radius 1 is 1.24 bits per heavy atom. The Labute approximate surface area is 154 Å². The van der Waals surface area contributed by atoms with E-state index in [4.69, 9.17) is 0 Å². The molecule has 1 N–H and O–H groups in total. The Kier molecular flexibility index (Phi) is 7.87. The Morgan fingerprint density at radius 3 is 2.52 bits per heavy atom. The molecule has 0 aromatic carbocycles. The maximum Gasteiger partial charge on any atom is 0.236 e. The molecular weight excluding hydrogens is 336 g/mol. The van der Waals surface area contributed by atoms with Crippen LogP contribution in [0.25, 0.3) is 0 Å². The summed E-state index contributed by atoms with van der Waals surface area (Å²) in [6, 6.07) is 4.36. The molecule has 140 valence electrons. The summed E-state index contributed by atoms with van der Waals surface area (Å²) in [6.45, 7) is 11.4. The molecule has 2 rings (SSSR count). The van der Waals surface area contributed by atoms with Crippen molar-refractivity contribution in [2.75, 3.05) is 45.8 Å². The third kappa shape index (κ3) is 6.76. The van der Waals surface area contributed by atoms with Crippen LogP contribution in [0.1, 0.15) is 25.6 Å². The van der Waals surface area contributed by atoms with Crippen molar-refractivity contribution < 1.29 is 9.59 Å². The van der Waals surface area contributed by atoms with Crippen LogP contribution < -0.4 is 5.32 Å². The number of hydrogen-bond acceptors (Lipinski definition) is 5. The molecule has 0 unspecified atom stereocenters. The van der Waals surface area contributed by atoms with Gasteiger partial charge in [0.15, 0.2) is 0 Å². The van der Waals surface area contributed by atoms with Gasteiger partial charge in [0.2, 0.25) is 11.8 Å². The van der Waals surface area contributed by atoms with Crippen LogP contribution in [0.15, 0.2) is 17.5 Å². The first kappa shape index (κ1) is 19.9. The number of rotatable bonds is 8. The SMILES string of the molecule is CCN(CC(=O)NC(C)C)CC(=O)N1CCN(Cc2cccs2)CC1. The quantitative estimate of drug-likeness (QED) is 0.752. The largest absolute Gasteiger partial charge is 0.353 e. The fourth-order valence-corrected chi connectivity index (χ4v) is 3.67. The first-order chi connectivity index (χ1) is 12.0. The van der Waals surface area contributed by atoms with Crippen LogP contribution in [0.5, 0.6) is 0 Å². The van der Waals surface area contributed by atoms with Crippen LogP contribution in [0.4, 0.5) is 0 Å². The fraction of sp³-hybridized carbons (Fsp3) is 0.667. The first-order valence-electron chi connectivity index (χ1n) is 9.02. The Balaban J connectivity index is 1.74. The molecule has 6 nitrogen and oxygen atoms in total. The summed E-state index contributed by atoms with van der Waals surface area (Å²) in [7, 11) is 0. The van der Waals surface area contributed by atoms with Gasteiger partial charge in [0, 0.05) is 43.6 Å². The highest BCUT2D eigenvalue weighted by Crippen LogP contribution is 2.13. The molecule has 1 aliphatic rings. The van der Waals surface area contributed by atoms with Gasteiger partial charge in [-0.1, -0.05) is 13.0 Å². The summed E-state index contributed by atoms with van der Waals surface area (Å²) >= 11 is 1.78. The van der Waals surface area contributed by atoms with E-state index in [-0.39, 0.29) is 24.4 Å². The maximum atomic E-state index is 12.5. The molecular formula is C18H30N4O2S. The average Bonchev–Trinajstić information content (AvgIpc) is 3.07. The number of likely N-dealkylation sites (N-methyl/N-ethyl adjacent to an activating group) is 1. The number of piperazine rings is 1. The van der Waals surface area contributed by atoms with E-state index in [9.17, 15) is 9.59 Å². The van der Waals surface area contributed by atoms with Crippen LogP contribution in [0.3, 0.4) is 0 Å². The second-order valence-corrected chi connectivity index (χ2v) is 7.79. The molecule has 0 saturated carbocycles. The molecule has 0 bridgehead atoms.